The van der Waals surface area contributed by atoms with Crippen molar-refractivity contribution in [2.24, 2.45) is 0 Å². The summed E-state index contributed by atoms with van der Waals surface area (Å²) in [6, 6.07) is 0. The molecule has 0 aromatic heterocycles. The Morgan fingerprint density at radius 1 is 0.909 bits per heavy atom. The van der Waals surface area contributed by atoms with E-state index in [4.69, 9.17) is 0 Å². The predicted molar refractivity (Wildman–Crippen MR) is 52.3 cm³/mol. The maximum absolute atomic E-state index is 3.15. The number of alkyl halides is 1. The highest BCUT2D eigenvalue weighted by atomic mass is 79.9. The summed E-state index contributed by atoms with van der Waals surface area (Å²) in [6.45, 7) is 9.96. The molecule has 0 aromatic carbocycles. The summed E-state index contributed by atoms with van der Waals surface area (Å²) in [7, 11) is 0. The van der Waals surface area contributed by atoms with Gasteiger partial charge in [0.2, 0.25) is 0 Å². The van der Waals surface area contributed by atoms with E-state index < -0.39 is 0 Å². The van der Waals surface area contributed by atoms with Crippen LogP contribution in [0, 0.1) is 0 Å². The van der Waals surface area contributed by atoms with Gasteiger partial charge in [-0.2, -0.15) is 0 Å². The molecule has 3 aliphatic heterocycles. The molecule has 2 nitrogen and oxygen atoms in total. The molecule has 3 rings (SSSR count). The Hall–Kier alpha value is 0.400. The summed E-state index contributed by atoms with van der Waals surface area (Å²) >= 11 is 3.15. The van der Waals surface area contributed by atoms with Crippen LogP contribution in [0.15, 0.2) is 0 Å². The zero-order valence-corrected chi connectivity index (χ0v) is 8.81. The van der Waals surface area contributed by atoms with E-state index in [1.165, 1.54) is 39.3 Å². The normalized spacial score (nSPS) is 34.4. The molecule has 11 heavy (non-hydrogen) atoms. The number of piperazine rings is 3. The minimum Gasteiger partial charge on any atom is -0.300 e. The Labute approximate surface area is 77.7 Å². The smallest absolute Gasteiger partial charge is 0.0110 e. The third-order valence-electron chi connectivity index (χ3n) is 2.20. The molecule has 0 atom stereocenters. The molecular formula is C8H17BrN2. The highest BCUT2D eigenvalue weighted by molar-refractivity contribution is 9.09. The fourth-order valence-electron chi connectivity index (χ4n) is 1.52. The average Bonchev–Trinajstić information content (AvgIpc) is 2.09. The van der Waals surface area contributed by atoms with Crippen LogP contribution in [0.2, 0.25) is 0 Å². The van der Waals surface area contributed by atoms with Crippen LogP contribution in [0.3, 0.4) is 0 Å². The molecular weight excluding hydrogens is 204 g/mol. The van der Waals surface area contributed by atoms with Crippen LogP contribution in [0.25, 0.3) is 0 Å². The molecule has 0 unspecified atom stereocenters. The van der Waals surface area contributed by atoms with Crippen molar-refractivity contribution >= 4 is 15.9 Å². The van der Waals surface area contributed by atoms with E-state index in [0.717, 1.165) is 5.33 Å². The summed E-state index contributed by atoms with van der Waals surface area (Å²) < 4.78 is 0. The molecule has 0 spiro atoms. The van der Waals surface area contributed by atoms with E-state index in [2.05, 4.69) is 25.7 Å². The number of fused-ring (bicyclic) bond motifs is 3. The first-order chi connectivity index (χ1) is 5.36. The predicted octanol–water partition coefficient (Wildman–Crippen LogP) is 1.02. The van der Waals surface area contributed by atoms with Crippen molar-refractivity contribution < 1.29 is 0 Å². The molecule has 0 amide bonds. The van der Waals surface area contributed by atoms with Gasteiger partial charge >= 0.3 is 0 Å². The zero-order valence-electron chi connectivity index (χ0n) is 7.22. The summed E-state index contributed by atoms with van der Waals surface area (Å²) in [5.41, 5.74) is 0. The minimum atomic E-state index is 1.06. The molecule has 3 heteroatoms. The lowest BCUT2D eigenvalue weighted by Gasteiger charge is -2.41. The van der Waals surface area contributed by atoms with Crippen molar-refractivity contribution in [2.45, 2.75) is 6.92 Å². The molecule has 0 N–H and O–H groups in total. The van der Waals surface area contributed by atoms with Gasteiger partial charge in [-0.1, -0.05) is 22.9 Å². The SMILES string of the molecule is C1CN2CCN1CC2.CCBr. The van der Waals surface area contributed by atoms with Gasteiger partial charge in [0.25, 0.3) is 0 Å². The monoisotopic (exact) mass is 220 g/mol. The quantitative estimate of drug-likeness (QED) is 0.563. The zero-order chi connectivity index (χ0) is 8.10. The highest BCUT2D eigenvalue weighted by Crippen LogP contribution is 2.06. The van der Waals surface area contributed by atoms with Gasteiger partial charge in [-0.05, 0) is 0 Å². The molecule has 3 fully saturated rings. The summed E-state index contributed by atoms with van der Waals surface area (Å²) in [6.07, 6.45) is 0. The Morgan fingerprint density at radius 2 is 1.09 bits per heavy atom. The van der Waals surface area contributed by atoms with Crippen LogP contribution in [0.1, 0.15) is 6.92 Å². The second-order valence-electron chi connectivity index (χ2n) is 2.95. The van der Waals surface area contributed by atoms with Crippen molar-refractivity contribution in [2.75, 3.05) is 44.6 Å². The van der Waals surface area contributed by atoms with Gasteiger partial charge in [0.1, 0.15) is 0 Å². The second-order valence-corrected chi connectivity index (χ2v) is 4.07. The van der Waals surface area contributed by atoms with E-state index >= 15 is 0 Å². The van der Waals surface area contributed by atoms with Crippen molar-refractivity contribution in [3.63, 3.8) is 0 Å². The molecule has 0 aromatic rings. The first kappa shape index (κ1) is 9.49. The van der Waals surface area contributed by atoms with Gasteiger partial charge in [-0.15, -0.1) is 0 Å². The summed E-state index contributed by atoms with van der Waals surface area (Å²) in [5.74, 6) is 0. The summed E-state index contributed by atoms with van der Waals surface area (Å²) in [5, 5.41) is 1.06. The second kappa shape index (κ2) is 5.12. The molecule has 3 heterocycles. The number of nitrogens with zero attached hydrogens (tertiary/aromatic N) is 2. The lowest BCUT2D eigenvalue weighted by molar-refractivity contribution is 0.0647. The van der Waals surface area contributed by atoms with Crippen LogP contribution < -0.4 is 0 Å². The van der Waals surface area contributed by atoms with Crippen LogP contribution >= 0.6 is 15.9 Å². The molecule has 3 saturated heterocycles. The molecule has 0 aliphatic carbocycles. The Balaban J connectivity index is 0.000000179. The molecule has 66 valence electrons. The lowest BCUT2D eigenvalue weighted by Crippen LogP contribution is -2.55. The Kier molecular flexibility index (Phi) is 4.41. The molecule has 3 aliphatic rings. The third-order valence-corrected chi connectivity index (χ3v) is 2.20. The van der Waals surface area contributed by atoms with Crippen molar-refractivity contribution in [3.05, 3.63) is 0 Å². The highest BCUT2D eigenvalue weighted by Gasteiger charge is 2.21. The standard InChI is InChI=1S/C6H12N2.C2H5Br/c1-2-8-5-3-7(1)4-6-8;1-2-3/h1-6H2;2H2,1H3. The fourth-order valence-corrected chi connectivity index (χ4v) is 1.52. The maximum atomic E-state index is 3.15. The number of hydrogen-bond acceptors (Lipinski definition) is 2. The number of rotatable bonds is 0. The molecule has 0 saturated carbocycles. The van der Waals surface area contributed by atoms with Crippen LogP contribution in [0.5, 0.6) is 0 Å². The maximum Gasteiger partial charge on any atom is 0.0110 e. The topological polar surface area (TPSA) is 6.48 Å². The third kappa shape index (κ3) is 3.09. The van der Waals surface area contributed by atoms with E-state index in [1.807, 2.05) is 6.92 Å². The van der Waals surface area contributed by atoms with Gasteiger partial charge in [0, 0.05) is 44.6 Å². The van der Waals surface area contributed by atoms with Gasteiger partial charge in [0.05, 0.1) is 0 Å². The minimum absolute atomic E-state index is 1.06. The first-order valence-corrected chi connectivity index (χ1v) is 5.49. The van der Waals surface area contributed by atoms with Crippen LogP contribution in [-0.2, 0) is 0 Å². The number of halogens is 1. The lowest BCUT2D eigenvalue weighted by atomic mass is 10.2. The van der Waals surface area contributed by atoms with Crippen molar-refractivity contribution in [1.82, 2.24) is 9.80 Å². The largest absolute Gasteiger partial charge is 0.300 e. The fraction of sp³-hybridized carbons (Fsp3) is 1.00. The molecule has 2 bridgehead atoms. The van der Waals surface area contributed by atoms with Gasteiger partial charge < -0.3 is 0 Å². The van der Waals surface area contributed by atoms with Crippen LogP contribution in [0.4, 0.5) is 0 Å². The van der Waals surface area contributed by atoms with Crippen molar-refractivity contribution in [1.29, 1.82) is 0 Å². The molecule has 0 radical (unpaired) electrons. The van der Waals surface area contributed by atoms with E-state index in [1.54, 1.807) is 0 Å². The van der Waals surface area contributed by atoms with E-state index in [9.17, 15) is 0 Å². The van der Waals surface area contributed by atoms with Gasteiger partial charge in [0.15, 0.2) is 0 Å². The van der Waals surface area contributed by atoms with Gasteiger partial charge in [-0.25, -0.2) is 0 Å². The van der Waals surface area contributed by atoms with Gasteiger partial charge in [-0.3, -0.25) is 9.80 Å². The van der Waals surface area contributed by atoms with Crippen molar-refractivity contribution in [3.8, 4) is 0 Å². The summed E-state index contributed by atoms with van der Waals surface area (Å²) in [4.78, 5) is 5.08. The first-order valence-electron chi connectivity index (χ1n) is 4.37. The van der Waals surface area contributed by atoms with E-state index in [0.29, 0.717) is 0 Å². The average molecular weight is 221 g/mol. The Bertz CT molecular complexity index is 77.2. The van der Waals surface area contributed by atoms with Crippen LogP contribution in [-0.4, -0.2) is 54.4 Å². The Morgan fingerprint density at radius 3 is 1.18 bits per heavy atom. The number of hydrogen-bond donors (Lipinski definition) is 0. The van der Waals surface area contributed by atoms with E-state index in [-0.39, 0.29) is 0 Å².